The predicted octanol–water partition coefficient (Wildman–Crippen LogP) is 3.47. The van der Waals surface area contributed by atoms with Gasteiger partial charge in [0.25, 0.3) is 0 Å². The number of para-hydroxylation sites is 1. The summed E-state index contributed by atoms with van der Waals surface area (Å²) >= 11 is 5.84. The zero-order valence-electron chi connectivity index (χ0n) is 16.7. The largest absolute Gasteiger partial charge is 0.337 e. The van der Waals surface area contributed by atoms with Gasteiger partial charge >= 0.3 is 0 Å². The molecule has 0 spiro atoms. The van der Waals surface area contributed by atoms with Crippen LogP contribution in [0.3, 0.4) is 0 Å². The van der Waals surface area contributed by atoms with Crippen molar-refractivity contribution in [3.63, 3.8) is 0 Å². The maximum atomic E-state index is 14.2. The Hall–Kier alpha value is -3.26. The zero-order valence-corrected chi connectivity index (χ0v) is 17.5. The molecule has 1 saturated heterocycles. The lowest BCUT2D eigenvalue weighted by Gasteiger charge is -2.24. The van der Waals surface area contributed by atoms with E-state index in [-0.39, 0.29) is 36.3 Å². The van der Waals surface area contributed by atoms with Gasteiger partial charge in [-0.1, -0.05) is 35.9 Å². The molecule has 2 atom stereocenters. The molecule has 1 N–H and O–H groups in total. The van der Waals surface area contributed by atoms with Crippen LogP contribution in [0.4, 0.5) is 10.2 Å². The van der Waals surface area contributed by atoms with Crippen LogP contribution in [-0.4, -0.2) is 50.8 Å². The monoisotopic (exact) mass is 442 g/mol. The van der Waals surface area contributed by atoms with Crippen molar-refractivity contribution < 1.29 is 18.8 Å². The summed E-state index contributed by atoms with van der Waals surface area (Å²) < 4.78 is 15.8. The van der Waals surface area contributed by atoms with Crippen molar-refractivity contribution in [1.29, 1.82) is 0 Å². The molecule has 1 fully saturated rings. The fraction of sp³-hybridized carbons (Fsp3) is 0.273. The topological polar surface area (TPSA) is 84.3 Å². The number of fused-ring (bicyclic) bond motifs is 1. The second-order valence-electron chi connectivity index (χ2n) is 7.47. The van der Waals surface area contributed by atoms with Crippen LogP contribution in [0, 0.1) is 0 Å². The van der Waals surface area contributed by atoms with E-state index in [1.807, 2.05) is 24.3 Å². The number of nitrogens with zero attached hydrogens (tertiary/aromatic N) is 3. The maximum Gasteiger partial charge on any atom is 0.248 e. The fourth-order valence-electron chi connectivity index (χ4n) is 3.89. The molecule has 0 saturated carbocycles. The van der Waals surface area contributed by atoms with Gasteiger partial charge in [0.1, 0.15) is 29.7 Å². The van der Waals surface area contributed by atoms with E-state index in [0.29, 0.717) is 5.56 Å². The van der Waals surface area contributed by atoms with Crippen molar-refractivity contribution in [3.8, 4) is 0 Å². The number of alkyl halides is 1. The first kappa shape index (κ1) is 21.0. The quantitative estimate of drug-likeness (QED) is 0.484. The molecule has 0 bridgehead atoms. The molecule has 1 aromatic carbocycles. The number of carbonyl (C=O) groups is 3. The Morgan fingerprint density at radius 3 is 2.71 bits per heavy atom. The molecule has 9 heteroatoms. The van der Waals surface area contributed by atoms with E-state index in [1.165, 1.54) is 11.8 Å². The number of anilines is 1. The molecule has 4 rings (SSSR count). The Morgan fingerprint density at radius 1 is 1.19 bits per heavy atom. The van der Waals surface area contributed by atoms with Gasteiger partial charge in [0.05, 0.1) is 6.54 Å². The van der Waals surface area contributed by atoms with Crippen LogP contribution in [0.2, 0.25) is 5.15 Å². The van der Waals surface area contributed by atoms with Crippen molar-refractivity contribution in [1.82, 2.24) is 14.5 Å². The summed E-state index contributed by atoms with van der Waals surface area (Å²) in [5, 5.41) is 3.55. The first-order valence-electron chi connectivity index (χ1n) is 9.79. The van der Waals surface area contributed by atoms with Crippen LogP contribution >= 0.6 is 11.6 Å². The van der Waals surface area contributed by atoms with Gasteiger partial charge in [-0.2, -0.15) is 0 Å². The maximum absolute atomic E-state index is 14.2. The summed E-state index contributed by atoms with van der Waals surface area (Å²) in [6.07, 6.45) is 0.225. The molecule has 0 radical (unpaired) electrons. The Kier molecular flexibility index (Phi) is 5.73. The average molecular weight is 443 g/mol. The molecule has 7 nitrogen and oxygen atoms in total. The highest BCUT2D eigenvalue weighted by atomic mass is 35.5. The number of hydrogen-bond donors (Lipinski definition) is 1. The van der Waals surface area contributed by atoms with Gasteiger partial charge in [-0.05, 0) is 25.1 Å². The van der Waals surface area contributed by atoms with Crippen molar-refractivity contribution in [2.24, 2.45) is 0 Å². The molecule has 1 aliphatic heterocycles. The van der Waals surface area contributed by atoms with Gasteiger partial charge in [0, 0.05) is 29.1 Å². The van der Waals surface area contributed by atoms with Gasteiger partial charge in [-0.25, -0.2) is 9.37 Å². The van der Waals surface area contributed by atoms with E-state index < -0.39 is 24.0 Å². The van der Waals surface area contributed by atoms with Crippen LogP contribution in [0.1, 0.15) is 23.7 Å². The lowest BCUT2D eigenvalue weighted by Crippen LogP contribution is -2.44. The molecule has 160 valence electrons. The Bertz CT molecular complexity index is 1180. The summed E-state index contributed by atoms with van der Waals surface area (Å²) in [5.74, 6) is -0.811. The minimum atomic E-state index is -1.30. The van der Waals surface area contributed by atoms with E-state index in [0.717, 1.165) is 10.9 Å². The van der Waals surface area contributed by atoms with Gasteiger partial charge in [-0.3, -0.25) is 14.4 Å². The molecule has 31 heavy (non-hydrogen) atoms. The number of aromatic nitrogens is 2. The molecule has 3 aromatic rings. The average Bonchev–Trinajstić information content (AvgIpc) is 3.29. The van der Waals surface area contributed by atoms with E-state index in [2.05, 4.69) is 10.3 Å². The third-order valence-electron chi connectivity index (χ3n) is 5.31. The Morgan fingerprint density at radius 2 is 1.97 bits per heavy atom. The lowest BCUT2D eigenvalue weighted by atomic mass is 10.1. The zero-order chi connectivity index (χ0) is 22.1. The molecule has 2 aromatic heterocycles. The third kappa shape index (κ3) is 4.29. The smallest absolute Gasteiger partial charge is 0.248 e. The summed E-state index contributed by atoms with van der Waals surface area (Å²) in [6.45, 7) is 1.19. The number of halogens is 2. The van der Waals surface area contributed by atoms with Gasteiger partial charge in [-0.15, -0.1) is 0 Å². The van der Waals surface area contributed by atoms with Crippen molar-refractivity contribution in [3.05, 3.63) is 59.4 Å². The Labute approximate surface area is 182 Å². The van der Waals surface area contributed by atoms with Crippen molar-refractivity contribution >= 4 is 45.9 Å². The molecule has 1 aliphatic rings. The number of rotatable bonds is 5. The van der Waals surface area contributed by atoms with E-state index >= 15 is 0 Å². The van der Waals surface area contributed by atoms with Crippen LogP contribution in [-0.2, 0) is 16.1 Å². The summed E-state index contributed by atoms with van der Waals surface area (Å²) in [5.41, 5.74) is 1.23. The molecule has 0 unspecified atom stereocenters. The summed E-state index contributed by atoms with van der Waals surface area (Å²) in [6, 6.07) is 11.1. The van der Waals surface area contributed by atoms with Crippen LogP contribution in [0.25, 0.3) is 10.9 Å². The first-order valence-corrected chi connectivity index (χ1v) is 10.2. The number of likely N-dealkylation sites (tertiary alicyclic amines) is 1. The van der Waals surface area contributed by atoms with Crippen molar-refractivity contribution in [2.75, 3.05) is 11.9 Å². The van der Waals surface area contributed by atoms with Crippen LogP contribution in [0.5, 0.6) is 0 Å². The predicted molar refractivity (Wildman–Crippen MR) is 115 cm³/mol. The fourth-order valence-corrected chi connectivity index (χ4v) is 4.05. The summed E-state index contributed by atoms with van der Waals surface area (Å²) in [7, 11) is 0. The van der Waals surface area contributed by atoms with Crippen molar-refractivity contribution in [2.45, 2.75) is 32.1 Å². The highest BCUT2D eigenvalue weighted by Crippen LogP contribution is 2.25. The molecule has 3 heterocycles. The number of amides is 2. The summed E-state index contributed by atoms with van der Waals surface area (Å²) in [4.78, 5) is 43.0. The van der Waals surface area contributed by atoms with Crippen LogP contribution < -0.4 is 5.32 Å². The highest BCUT2D eigenvalue weighted by Gasteiger charge is 2.40. The number of Topliss-reactive ketones (excluding diaryl/α,β-unsaturated/α-hetero) is 1. The molecular weight excluding hydrogens is 423 g/mol. The number of ketones is 1. The first-order chi connectivity index (χ1) is 14.8. The number of carbonyl (C=O) groups excluding carboxylic acids is 3. The third-order valence-corrected chi connectivity index (χ3v) is 5.52. The number of benzene rings is 1. The number of pyridine rings is 1. The minimum Gasteiger partial charge on any atom is -0.337 e. The number of nitrogens with one attached hydrogen (secondary N) is 1. The van der Waals surface area contributed by atoms with Crippen LogP contribution in [0.15, 0.2) is 48.7 Å². The van der Waals surface area contributed by atoms with E-state index in [9.17, 15) is 18.8 Å². The second-order valence-corrected chi connectivity index (χ2v) is 7.86. The molecular formula is C22H20ClFN4O3. The van der Waals surface area contributed by atoms with Gasteiger partial charge in [0.15, 0.2) is 5.78 Å². The Balaban J connectivity index is 1.55. The van der Waals surface area contributed by atoms with E-state index in [4.69, 9.17) is 11.6 Å². The lowest BCUT2D eigenvalue weighted by molar-refractivity contribution is -0.137. The van der Waals surface area contributed by atoms with E-state index in [1.54, 1.807) is 29.0 Å². The van der Waals surface area contributed by atoms with Gasteiger partial charge in [0.2, 0.25) is 11.8 Å². The molecule has 0 aliphatic carbocycles. The normalized spacial score (nSPS) is 18.4. The SMILES string of the molecule is CC(=O)c1cn(CC(=O)N2C[C@H](F)C[C@H]2C(=O)Nc2cccc(Cl)n2)c2ccccc12. The number of hydrogen-bond acceptors (Lipinski definition) is 4. The standard InChI is InChI=1S/C22H20ClFN4O3/c1-13(29)16-11-27(17-6-3-2-5-15(16)17)12-21(30)28-10-14(24)9-18(28)22(31)26-20-8-4-7-19(23)25-20/h2-8,11,14,18H,9-10,12H2,1H3,(H,25,26,31)/t14-,18+/m1/s1. The minimum absolute atomic E-state index is 0.0940. The van der Waals surface area contributed by atoms with Gasteiger partial charge < -0.3 is 14.8 Å². The molecule has 2 amide bonds. The second kappa shape index (κ2) is 8.47. The highest BCUT2D eigenvalue weighted by molar-refractivity contribution is 6.29.